The van der Waals surface area contributed by atoms with Crippen LogP contribution in [-0.4, -0.2) is 31.6 Å². The number of benzene rings is 1. The highest BCUT2D eigenvalue weighted by Gasteiger charge is 2.17. The molecule has 0 aliphatic carbocycles. The number of amides is 1. The van der Waals surface area contributed by atoms with Crippen molar-refractivity contribution in [2.75, 3.05) is 6.54 Å². The lowest BCUT2D eigenvalue weighted by atomic mass is 10.1. The predicted molar refractivity (Wildman–Crippen MR) is 112 cm³/mol. The van der Waals surface area contributed by atoms with E-state index in [1.807, 2.05) is 54.9 Å². The lowest BCUT2D eigenvalue weighted by Crippen LogP contribution is -2.32. The molecule has 7 nitrogen and oxygen atoms in total. The Balaban J connectivity index is 1.55. The summed E-state index contributed by atoms with van der Waals surface area (Å²) in [4.78, 5) is 30.1. The first kappa shape index (κ1) is 18.9. The molecular weight excluding hydrogens is 366 g/mol. The maximum absolute atomic E-state index is 12.9. The van der Waals surface area contributed by atoms with Gasteiger partial charge in [-0.05, 0) is 24.1 Å². The third kappa shape index (κ3) is 3.89. The van der Waals surface area contributed by atoms with Crippen LogP contribution in [0.5, 0.6) is 0 Å². The molecule has 0 spiro atoms. The van der Waals surface area contributed by atoms with Gasteiger partial charge >= 0.3 is 0 Å². The van der Waals surface area contributed by atoms with Gasteiger partial charge in [-0.3, -0.25) is 9.59 Å². The number of hydrogen-bond donors (Lipinski definition) is 1. The quantitative estimate of drug-likeness (QED) is 0.550. The molecule has 3 aromatic heterocycles. The van der Waals surface area contributed by atoms with Crippen molar-refractivity contribution in [3.8, 4) is 0 Å². The second kappa shape index (κ2) is 7.87. The Kier molecular flexibility index (Phi) is 5.12. The van der Waals surface area contributed by atoms with Gasteiger partial charge in [0.15, 0.2) is 5.69 Å². The summed E-state index contributed by atoms with van der Waals surface area (Å²) in [6, 6.07) is 12.9. The van der Waals surface area contributed by atoms with Crippen LogP contribution in [0.15, 0.2) is 59.7 Å². The van der Waals surface area contributed by atoms with Gasteiger partial charge in [0.05, 0.1) is 11.1 Å². The van der Waals surface area contributed by atoms with Crippen molar-refractivity contribution >= 4 is 22.3 Å². The van der Waals surface area contributed by atoms with E-state index in [2.05, 4.69) is 15.4 Å². The molecule has 0 aliphatic rings. The van der Waals surface area contributed by atoms with Gasteiger partial charge < -0.3 is 9.72 Å². The lowest BCUT2D eigenvalue weighted by Gasteiger charge is -2.12. The number of pyridine rings is 1. The van der Waals surface area contributed by atoms with Crippen LogP contribution in [0, 0.1) is 5.92 Å². The van der Waals surface area contributed by atoms with Crippen LogP contribution in [-0.2, 0) is 13.0 Å². The van der Waals surface area contributed by atoms with Crippen molar-refractivity contribution in [2.24, 2.45) is 5.92 Å². The molecule has 1 N–H and O–H groups in total. The Labute approximate surface area is 168 Å². The third-order valence-corrected chi connectivity index (χ3v) is 4.70. The van der Waals surface area contributed by atoms with E-state index in [0.29, 0.717) is 30.3 Å². The topological polar surface area (TPSA) is 81.3 Å². The summed E-state index contributed by atoms with van der Waals surface area (Å²) < 4.78 is 3.35. The zero-order valence-corrected chi connectivity index (χ0v) is 16.5. The number of nitrogens with one attached hydrogen (secondary N) is 1. The molecule has 1 amide bonds. The van der Waals surface area contributed by atoms with Crippen LogP contribution in [0.2, 0.25) is 0 Å². The number of fused-ring (bicyclic) bond motifs is 2. The number of hydrogen-bond acceptors (Lipinski definition) is 4. The summed E-state index contributed by atoms with van der Waals surface area (Å²) >= 11 is 0. The Bertz CT molecular complexity index is 1210. The largest absolute Gasteiger partial charge is 0.350 e. The van der Waals surface area contributed by atoms with Crippen molar-refractivity contribution in [2.45, 2.75) is 26.8 Å². The van der Waals surface area contributed by atoms with Crippen LogP contribution >= 0.6 is 0 Å². The summed E-state index contributed by atoms with van der Waals surface area (Å²) in [5.41, 5.74) is 1.88. The molecule has 29 heavy (non-hydrogen) atoms. The monoisotopic (exact) mass is 389 g/mol. The van der Waals surface area contributed by atoms with E-state index >= 15 is 0 Å². The second-order valence-corrected chi connectivity index (χ2v) is 7.48. The minimum Gasteiger partial charge on any atom is -0.350 e. The first-order chi connectivity index (χ1) is 14.0. The number of carbonyl (C=O) groups excluding carboxylic acids is 1. The van der Waals surface area contributed by atoms with Crippen molar-refractivity contribution in [1.29, 1.82) is 0 Å². The van der Waals surface area contributed by atoms with Gasteiger partial charge in [-0.2, -0.15) is 5.10 Å². The van der Waals surface area contributed by atoms with Gasteiger partial charge in [-0.1, -0.05) is 38.1 Å². The molecule has 3 heterocycles. The van der Waals surface area contributed by atoms with Gasteiger partial charge in [-0.25, -0.2) is 9.67 Å². The molecule has 0 fully saturated rings. The smallest absolute Gasteiger partial charge is 0.274 e. The van der Waals surface area contributed by atoms with E-state index in [9.17, 15) is 9.59 Å². The minimum atomic E-state index is -0.289. The zero-order chi connectivity index (χ0) is 20.4. The van der Waals surface area contributed by atoms with Gasteiger partial charge in [-0.15, -0.1) is 0 Å². The van der Waals surface area contributed by atoms with Crippen molar-refractivity contribution in [3.05, 3.63) is 76.6 Å². The van der Waals surface area contributed by atoms with Crippen molar-refractivity contribution in [1.82, 2.24) is 24.5 Å². The molecule has 0 unspecified atom stereocenters. The summed E-state index contributed by atoms with van der Waals surface area (Å²) in [6.45, 7) is 4.92. The maximum Gasteiger partial charge on any atom is 0.274 e. The number of imidazole rings is 1. The first-order valence-corrected chi connectivity index (χ1v) is 9.73. The van der Waals surface area contributed by atoms with Crippen LogP contribution in [0.4, 0.5) is 0 Å². The summed E-state index contributed by atoms with van der Waals surface area (Å²) in [7, 11) is 0. The molecule has 4 rings (SSSR count). The number of rotatable bonds is 6. The minimum absolute atomic E-state index is 0.171. The molecule has 7 heteroatoms. The SMILES string of the molecule is CC(C)Cn1nc(C(=O)NCCc2cn3ccccc3n2)c2ccccc2c1=O. The Morgan fingerprint density at radius 1 is 1.10 bits per heavy atom. The second-order valence-electron chi connectivity index (χ2n) is 7.48. The molecular formula is C22H23N5O2. The summed E-state index contributed by atoms with van der Waals surface area (Å²) in [5, 5.41) is 8.37. The fourth-order valence-corrected chi connectivity index (χ4v) is 3.37. The highest BCUT2D eigenvalue weighted by Crippen LogP contribution is 2.14. The van der Waals surface area contributed by atoms with Gasteiger partial charge in [0, 0.05) is 37.3 Å². The number of aromatic nitrogens is 4. The van der Waals surface area contributed by atoms with Crippen LogP contribution < -0.4 is 10.9 Å². The van der Waals surface area contributed by atoms with Gasteiger partial charge in [0.1, 0.15) is 5.65 Å². The van der Waals surface area contributed by atoms with Crippen molar-refractivity contribution < 1.29 is 4.79 Å². The molecule has 0 saturated heterocycles. The lowest BCUT2D eigenvalue weighted by molar-refractivity contribution is 0.0948. The number of nitrogens with zero attached hydrogens (tertiary/aromatic N) is 4. The molecule has 0 bridgehead atoms. The Hall–Kier alpha value is -3.48. The highest BCUT2D eigenvalue weighted by atomic mass is 16.2. The van der Waals surface area contributed by atoms with Crippen LogP contribution in [0.1, 0.15) is 30.0 Å². The Morgan fingerprint density at radius 3 is 2.62 bits per heavy atom. The van der Waals surface area contributed by atoms with E-state index in [1.54, 1.807) is 18.2 Å². The van der Waals surface area contributed by atoms with Gasteiger partial charge in [0.2, 0.25) is 0 Å². The molecule has 0 radical (unpaired) electrons. The zero-order valence-electron chi connectivity index (χ0n) is 16.5. The van der Waals surface area contributed by atoms with Crippen LogP contribution in [0.25, 0.3) is 16.4 Å². The van der Waals surface area contributed by atoms with E-state index in [1.165, 1.54) is 4.68 Å². The average Bonchev–Trinajstić information content (AvgIpc) is 3.12. The standard InChI is InChI=1S/C22H23N5O2/c1-15(2)13-27-22(29)18-8-4-3-7-17(18)20(25-27)21(28)23-11-10-16-14-26-12-6-5-9-19(26)24-16/h3-9,12,14-15H,10-11,13H2,1-2H3,(H,23,28). The molecule has 0 aliphatic heterocycles. The summed E-state index contributed by atoms with van der Waals surface area (Å²) in [5.74, 6) is -0.0465. The van der Waals surface area contributed by atoms with E-state index in [-0.39, 0.29) is 23.1 Å². The molecule has 0 atom stereocenters. The fourth-order valence-electron chi connectivity index (χ4n) is 3.37. The summed E-state index contributed by atoms with van der Waals surface area (Å²) in [6.07, 6.45) is 4.51. The number of carbonyl (C=O) groups is 1. The van der Waals surface area contributed by atoms with Crippen molar-refractivity contribution in [3.63, 3.8) is 0 Å². The average molecular weight is 389 g/mol. The van der Waals surface area contributed by atoms with Crippen LogP contribution in [0.3, 0.4) is 0 Å². The van der Waals surface area contributed by atoms with E-state index in [0.717, 1.165) is 11.3 Å². The molecule has 0 saturated carbocycles. The maximum atomic E-state index is 12.9. The Morgan fingerprint density at radius 2 is 1.86 bits per heavy atom. The molecule has 148 valence electrons. The normalized spacial score (nSPS) is 11.4. The fraction of sp³-hybridized carbons (Fsp3) is 0.273. The molecule has 1 aromatic carbocycles. The predicted octanol–water partition coefficient (Wildman–Crippen LogP) is 2.67. The van der Waals surface area contributed by atoms with E-state index < -0.39 is 0 Å². The van der Waals surface area contributed by atoms with E-state index in [4.69, 9.17) is 0 Å². The highest BCUT2D eigenvalue weighted by molar-refractivity contribution is 6.04. The third-order valence-electron chi connectivity index (χ3n) is 4.70. The first-order valence-electron chi connectivity index (χ1n) is 9.73. The molecule has 4 aromatic rings. The van der Waals surface area contributed by atoms with Gasteiger partial charge in [0.25, 0.3) is 11.5 Å².